The molecule has 1 heterocycles. The fourth-order valence-electron chi connectivity index (χ4n) is 3.07. The zero-order valence-corrected chi connectivity index (χ0v) is 14.6. The van der Waals surface area contributed by atoms with E-state index < -0.39 is 0 Å². The van der Waals surface area contributed by atoms with Crippen molar-refractivity contribution in [2.24, 2.45) is 0 Å². The molecule has 0 radical (unpaired) electrons. The number of para-hydroxylation sites is 1. The van der Waals surface area contributed by atoms with Gasteiger partial charge >= 0.3 is 0 Å². The Labute approximate surface area is 137 Å². The fourth-order valence-corrected chi connectivity index (χ4v) is 3.07. The molecule has 0 spiro atoms. The van der Waals surface area contributed by atoms with E-state index in [-0.39, 0.29) is 0 Å². The van der Waals surface area contributed by atoms with Crippen LogP contribution in [0.2, 0.25) is 0 Å². The molecule has 0 aromatic heterocycles. The van der Waals surface area contributed by atoms with Gasteiger partial charge in [0, 0.05) is 12.1 Å². The predicted octanol–water partition coefficient (Wildman–Crippen LogP) is 5.30. The lowest BCUT2D eigenvalue weighted by molar-refractivity contribution is 0.188. The third kappa shape index (κ3) is 6.65. The Balaban J connectivity index is 0.000000745. The zero-order valence-electron chi connectivity index (χ0n) is 14.6. The maximum absolute atomic E-state index is 5.73. The van der Waals surface area contributed by atoms with Crippen molar-refractivity contribution in [2.45, 2.75) is 65.0 Å². The van der Waals surface area contributed by atoms with Gasteiger partial charge in [-0.3, -0.25) is 4.90 Å². The first-order valence-electron chi connectivity index (χ1n) is 8.73. The van der Waals surface area contributed by atoms with Crippen LogP contribution in [0.25, 0.3) is 0 Å². The summed E-state index contributed by atoms with van der Waals surface area (Å²) < 4.78 is 5.73. The number of ether oxygens (including phenoxy) is 1. The van der Waals surface area contributed by atoms with Crippen molar-refractivity contribution in [1.29, 1.82) is 0 Å². The molecule has 1 aliphatic rings. The van der Waals surface area contributed by atoms with Crippen LogP contribution in [0, 0.1) is 0 Å². The Hall–Kier alpha value is -1.28. The molecule has 2 rings (SSSR count). The molecule has 124 valence electrons. The second kappa shape index (κ2) is 11.3. The first kappa shape index (κ1) is 18.8. The van der Waals surface area contributed by atoms with Crippen LogP contribution in [0.5, 0.6) is 5.75 Å². The summed E-state index contributed by atoms with van der Waals surface area (Å²) in [6.07, 6.45) is 8.20. The highest BCUT2D eigenvalue weighted by Gasteiger charge is 2.28. The van der Waals surface area contributed by atoms with Crippen molar-refractivity contribution in [3.05, 3.63) is 43.0 Å². The summed E-state index contributed by atoms with van der Waals surface area (Å²) in [6.45, 7) is 12.0. The monoisotopic (exact) mass is 303 g/mol. The number of nitrogens with zero attached hydrogens (tertiary/aromatic N) is 1. The van der Waals surface area contributed by atoms with Gasteiger partial charge in [-0.05, 0) is 64.6 Å². The lowest BCUT2D eigenvalue weighted by Crippen LogP contribution is -2.35. The largest absolute Gasteiger partial charge is 0.494 e. The van der Waals surface area contributed by atoms with Crippen molar-refractivity contribution in [2.75, 3.05) is 13.2 Å². The first-order chi connectivity index (χ1) is 10.7. The summed E-state index contributed by atoms with van der Waals surface area (Å²) >= 11 is 0. The Morgan fingerprint density at radius 3 is 2.55 bits per heavy atom. The standard InChI is InChI=1S/C17H27NO.C3H6/c1-3-16-12-11-15(2)18(16)13-7-8-14-19-17-9-5-4-6-10-17;1-3-2/h4-6,9-10,15-16H,3,7-8,11-14H2,1-2H3;3H,1H2,2H3. The van der Waals surface area contributed by atoms with E-state index in [1.807, 2.05) is 37.3 Å². The van der Waals surface area contributed by atoms with Gasteiger partial charge in [0.15, 0.2) is 0 Å². The maximum Gasteiger partial charge on any atom is 0.119 e. The molecule has 2 unspecified atom stereocenters. The smallest absolute Gasteiger partial charge is 0.119 e. The highest BCUT2D eigenvalue weighted by Crippen LogP contribution is 2.26. The maximum atomic E-state index is 5.73. The summed E-state index contributed by atoms with van der Waals surface area (Å²) in [7, 11) is 0. The minimum absolute atomic E-state index is 0.778. The van der Waals surface area contributed by atoms with Gasteiger partial charge < -0.3 is 4.74 Å². The number of likely N-dealkylation sites (tertiary alicyclic amines) is 1. The molecule has 0 bridgehead atoms. The number of unbranched alkanes of at least 4 members (excludes halogenated alkanes) is 1. The van der Waals surface area contributed by atoms with Crippen LogP contribution in [0.3, 0.4) is 0 Å². The molecular formula is C20H33NO. The van der Waals surface area contributed by atoms with Gasteiger partial charge in [-0.2, -0.15) is 0 Å². The Bertz CT molecular complexity index is 390. The van der Waals surface area contributed by atoms with E-state index in [0.717, 1.165) is 30.9 Å². The molecule has 1 aliphatic heterocycles. The predicted molar refractivity (Wildman–Crippen MR) is 96.5 cm³/mol. The molecular weight excluding hydrogens is 270 g/mol. The topological polar surface area (TPSA) is 12.5 Å². The van der Waals surface area contributed by atoms with Crippen LogP contribution < -0.4 is 4.74 Å². The lowest BCUT2D eigenvalue weighted by Gasteiger charge is -2.27. The molecule has 0 aliphatic carbocycles. The number of hydrogen-bond donors (Lipinski definition) is 0. The van der Waals surface area contributed by atoms with E-state index in [2.05, 4.69) is 25.3 Å². The van der Waals surface area contributed by atoms with Gasteiger partial charge in [-0.25, -0.2) is 0 Å². The zero-order chi connectivity index (χ0) is 16.2. The molecule has 1 aromatic rings. The number of benzene rings is 1. The van der Waals surface area contributed by atoms with Crippen molar-refractivity contribution < 1.29 is 4.74 Å². The molecule has 2 atom stereocenters. The fraction of sp³-hybridized carbons (Fsp3) is 0.600. The van der Waals surface area contributed by atoms with Crippen LogP contribution in [0.1, 0.15) is 52.9 Å². The highest BCUT2D eigenvalue weighted by molar-refractivity contribution is 5.20. The van der Waals surface area contributed by atoms with Crippen LogP contribution in [0.15, 0.2) is 43.0 Å². The van der Waals surface area contributed by atoms with Gasteiger partial charge in [-0.15, -0.1) is 6.58 Å². The van der Waals surface area contributed by atoms with E-state index in [0.29, 0.717) is 0 Å². The van der Waals surface area contributed by atoms with Gasteiger partial charge in [0.2, 0.25) is 0 Å². The minimum Gasteiger partial charge on any atom is -0.494 e. The average molecular weight is 303 g/mol. The van der Waals surface area contributed by atoms with E-state index in [4.69, 9.17) is 4.74 Å². The molecule has 1 fully saturated rings. The molecule has 2 heteroatoms. The van der Waals surface area contributed by atoms with Crippen LogP contribution in [-0.2, 0) is 0 Å². The van der Waals surface area contributed by atoms with Crippen molar-refractivity contribution >= 4 is 0 Å². The van der Waals surface area contributed by atoms with Crippen LogP contribution in [-0.4, -0.2) is 30.1 Å². The number of hydrogen-bond acceptors (Lipinski definition) is 2. The Morgan fingerprint density at radius 2 is 1.91 bits per heavy atom. The van der Waals surface area contributed by atoms with Crippen LogP contribution >= 0.6 is 0 Å². The minimum atomic E-state index is 0.778. The van der Waals surface area contributed by atoms with Gasteiger partial charge in [0.1, 0.15) is 5.75 Å². The quantitative estimate of drug-likeness (QED) is 0.500. The SMILES string of the molecule is C=CC.CCC1CCC(C)N1CCCCOc1ccccc1. The van der Waals surface area contributed by atoms with Crippen LogP contribution in [0.4, 0.5) is 0 Å². The van der Waals surface area contributed by atoms with Gasteiger partial charge in [0.25, 0.3) is 0 Å². The third-order valence-electron chi connectivity index (χ3n) is 4.25. The second-order valence-electron chi connectivity index (χ2n) is 6.00. The van der Waals surface area contributed by atoms with Gasteiger partial charge in [0.05, 0.1) is 6.61 Å². The first-order valence-corrected chi connectivity index (χ1v) is 8.73. The Kier molecular flexibility index (Phi) is 9.65. The van der Waals surface area contributed by atoms with E-state index in [1.54, 1.807) is 6.08 Å². The van der Waals surface area contributed by atoms with Crippen molar-refractivity contribution in [1.82, 2.24) is 4.90 Å². The molecule has 0 N–H and O–H groups in total. The van der Waals surface area contributed by atoms with Crippen molar-refractivity contribution in [3.8, 4) is 5.75 Å². The summed E-state index contributed by atoms with van der Waals surface area (Å²) in [5.74, 6) is 0.989. The summed E-state index contributed by atoms with van der Waals surface area (Å²) in [5.41, 5.74) is 0. The lowest BCUT2D eigenvalue weighted by atomic mass is 10.1. The van der Waals surface area contributed by atoms with Gasteiger partial charge in [-0.1, -0.05) is 31.2 Å². The third-order valence-corrected chi connectivity index (χ3v) is 4.25. The average Bonchev–Trinajstić information content (AvgIpc) is 2.89. The van der Waals surface area contributed by atoms with E-state index in [9.17, 15) is 0 Å². The summed E-state index contributed by atoms with van der Waals surface area (Å²) in [4.78, 5) is 2.70. The molecule has 0 amide bonds. The van der Waals surface area contributed by atoms with E-state index >= 15 is 0 Å². The van der Waals surface area contributed by atoms with Crippen molar-refractivity contribution in [3.63, 3.8) is 0 Å². The Morgan fingerprint density at radius 1 is 1.23 bits per heavy atom. The molecule has 1 saturated heterocycles. The summed E-state index contributed by atoms with van der Waals surface area (Å²) in [5, 5.41) is 0. The highest BCUT2D eigenvalue weighted by atomic mass is 16.5. The normalized spacial score (nSPS) is 21.0. The number of allylic oxidation sites excluding steroid dienone is 1. The number of rotatable bonds is 7. The van der Waals surface area contributed by atoms with E-state index in [1.165, 1.54) is 32.2 Å². The molecule has 1 aromatic carbocycles. The second-order valence-corrected chi connectivity index (χ2v) is 6.00. The summed E-state index contributed by atoms with van der Waals surface area (Å²) in [6, 6.07) is 11.7. The molecule has 0 saturated carbocycles. The molecule has 22 heavy (non-hydrogen) atoms. The molecule has 2 nitrogen and oxygen atoms in total.